The molecule has 112 valence electrons. The van der Waals surface area contributed by atoms with E-state index in [2.05, 4.69) is 0 Å². The van der Waals surface area contributed by atoms with Gasteiger partial charge >= 0.3 is 11.9 Å². The molecule has 5 nitrogen and oxygen atoms in total. The molecule has 0 aromatic carbocycles. The number of hydrogen-bond donors (Lipinski definition) is 1. The molecule has 0 saturated heterocycles. The Morgan fingerprint density at radius 1 is 1.38 bits per heavy atom. The molecule has 0 aliphatic carbocycles. The summed E-state index contributed by atoms with van der Waals surface area (Å²) in [5.74, 6) is -1.02. The zero-order chi connectivity index (χ0) is 15.7. The van der Waals surface area contributed by atoms with Gasteiger partial charge in [-0.05, 0) is 12.2 Å². The van der Waals surface area contributed by atoms with E-state index in [-0.39, 0.29) is 11.1 Å². The average molecular weight is 311 g/mol. The highest BCUT2D eigenvalue weighted by atomic mass is 35.5. The van der Waals surface area contributed by atoms with Crippen molar-refractivity contribution in [2.75, 3.05) is 7.11 Å². The van der Waals surface area contributed by atoms with Gasteiger partial charge in [-0.1, -0.05) is 42.0 Å². The molecule has 1 heterocycles. The van der Waals surface area contributed by atoms with Gasteiger partial charge in [0, 0.05) is 6.42 Å². The zero-order valence-corrected chi connectivity index (χ0v) is 12.1. The number of ether oxygens (including phenoxy) is 2. The molecule has 0 fully saturated rings. The number of halogens is 1. The smallest absolute Gasteiger partial charge is 0.347 e. The highest BCUT2D eigenvalue weighted by molar-refractivity contribution is 6.41. The van der Waals surface area contributed by atoms with Crippen LogP contribution in [0.15, 0.2) is 59.4 Å². The van der Waals surface area contributed by atoms with Gasteiger partial charge < -0.3 is 14.6 Å². The van der Waals surface area contributed by atoms with Crippen LogP contribution in [0.1, 0.15) is 6.42 Å². The second kappa shape index (κ2) is 8.81. The maximum atomic E-state index is 11.2. The van der Waals surface area contributed by atoms with Gasteiger partial charge in [-0.3, -0.25) is 0 Å². The van der Waals surface area contributed by atoms with Crippen molar-refractivity contribution in [1.29, 1.82) is 0 Å². The van der Waals surface area contributed by atoms with Crippen LogP contribution >= 0.6 is 11.6 Å². The van der Waals surface area contributed by atoms with Crippen LogP contribution in [0.5, 0.6) is 0 Å². The Kier molecular flexibility index (Phi) is 7.04. The number of aliphatic carboxylic acids is 1. The van der Waals surface area contributed by atoms with Gasteiger partial charge in [0.1, 0.15) is 16.9 Å². The molecular weight excluding hydrogens is 296 g/mol. The first-order valence-corrected chi connectivity index (χ1v) is 6.46. The van der Waals surface area contributed by atoms with E-state index in [1.807, 2.05) is 0 Å². The van der Waals surface area contributed by atoms with E-state index < -0.39 is 11.9 Å². The highest BCUT2D eigenvalue weighted by Gasteiger charge is 2.19. The topological polar surface area (TPSA) is 72.8 Å². The molecule has 1 aliphatic rings. The SMILES string of the molecule is COC1=CC(=O)OC(C=CC=CC=CC=C(Cl)C(=O)O)C1. The molecule has 21 heavy (non-hydrogen) atoms. The second-order valence-electron chi connectivity index (χ2n) is 3.97. The fourth-order valence-electron chi connectivity index (χ4n) is 1.45. The van der Waals surface area contributed by atoms with E-state index in [9.17, 15) is 9.59 Å². The summed E-state index contributed by atoms with van der Waals surface area (Å²) in [5, 5.41) is 8.25. The molecule has 1 N–H and O–H groups in total. The molecule has 1 rings (SSSR count). The van der Waals surface area contributed by atoms with Gasteiger partial charge in [0.05, 0.1) is 13.2 Å². The minimum atomic E-state index is -1.17. The van der Waals surface area contributed by atoms with Gasteiger partial charge in [-0.15, -0.1) is 0 Å². The van der Waals surface area contributed by atoms with Crippen molar-refractivity contribution in [2.24, 2.45) is 0 Å². The first-order chi connectivity index (χ1) is 10.0. The molecule has 0 bridgehead atoms. The number of hydrogen-bond acceptors (Lipinski definition) is 4. The lowest BCUT2D eigenvalue weighted by molar-refractivity contribution is -0.142. The average Bonchev–Trinajstić information content (AvgIpc) is 2.45. The lowest BCUT2D eigenvalue weighted by atomic mass is 10.1. The Morgan fingerprint density at radius 2 is 2.05 bits per heavy atom. The normalized spacial score (nSPS) is 20.1. The standard InChI is InChI=1S/C15H15ClO5/c1-20-12-9-11(21-14(17)10-12)7-5-3-2-4-6-8-13(16)15(18)19/h2-8,10-11H,9H2,1H3,(H,18,19). The zero-order valence-electron chi connectivity index (χ0n) is 11.4. The number of rotatable bonds is 6. The lowest BCUT2D eigenvalue weighted by Crippen LogP contribution is -2.21. The molecule has 0 aromatic heterocycles. The highest BCUT2D eigenvalue weighted by Crippen LogP contribution is 2.16. The van der Waals surface area contributed by atoms with Gasteiger partial charge in [0.2, 0.25) is 0 Å². The molecule has 6 heteroatoms. The number of allylic oxidation sites excluding steroid dienone is 6. The summed E-state index contributed by atoms with van der Waals surface area (Å²) in [5.41, 5.74) is 0. The summed E-state index contributed by atoms with van der Waals surface area (Å²) in [6, 6.07) is 0. The summed E-state index contributed by atoms with van der Waals surface area (Å²) < 4.78 is 10.1. The van der Waals surface area contributed by atoms with Gasteiger partial charge in [0.15, 0.2) is 0 Å². The van der Waals surface area contributed by atoms with E-state index in [1.54, 1.807) is 30.4 Å². The third-order valence-corrected chi connectivity index (χ3v) is 2.72. The number of carboxylic acid groups (broad SMARTS) is 1. The fourth-order valence-corrected chi connectivity index (χ4v) is 1.53. The van der Waals surface area contributed by atoms with E-state index in [1.165, 1.54) is 25.3 Å². The van der Waals surface area contributed by atoms with Crippen LogP contribution in [-0.2, 0) is 19.1 Å². The Hall–Kier alpha value is -2.27. The monoisotopic (exact) mass is 310 g/mol. The van der Waals surface area contributed by atoms with Crippen molar-refractivity contribution < 1.29 is 24.2 Å². The summed E-state index contributed by atoms with van der Waals surface area (Å²) in [6.07, 6.45) is 12.7. The van der Waals surface area contributed by atoms with Gasteiger partial charge in [-0.2, -0.15) is 0 Å². The molecule has 0 radical (unpaired) electrons. The molecule has 0 amide bonds. The number of carboxylic acids is 1. The largest absolute Gasteiger partial charge is 0.501 e. The van der Waals surface area contributed by atoms with Crippen LogP contribution in [-0.4, -0.2) is 30.3 Å². The maximum absolute atomic E-state index is 11.2. The Morgan fingerprint density at radius 3 is 2.71 bits per heavy atom. The van der Waals surface area contributed by atoms with Crippen LogP contribution in [0, 0.1) is 0 Å². The fraction of sp³-hybridized carbons (Fsp3) is 0.200. The summed E-state index contributed by atoms with van der Waals surface area (Å²) in [4.78, 5) is 21.6. The van der Waals surface area contributed by atoms with Gasteiger partial charge in [-0.25, -0.2) is 9.59 Å². The molecular formula is C15H15ClO5. The number of carbonyl (C=O) groups is 2. The maximum Gasteiger partial charge on any atom is 0.347 e. The third kappa shape index (κ3) is 6.63. The predicted molar refractivity (Wildman–Crippen MR) is 78.6 cm³/mol. The lowest BCUT2D eigenvalue weighted by Gasteiger charge is -2.19. The first kappa shape index (κ1) is 16.8. The van der Waals surface area contributed by atoms with Crippen molar-refractivity contribution in [3.05, 3.63) is 59.4 Å². The minimum Gasteiger partial charge on any atom is -0.501 e. The van der Waals surface area contributed by atoms with E-state index in [0.717, 1.165) is 0 Å². The number of cyclic esters (lactones) is 1. The van der Waals surface area contributed by atoms with Crippen LogP contribution < -0.4 is 0 Å². The molecule has 1 unspecified atom stereocenters. The quantitative estimate of drug-likeness (QED) is 0.464. The first-order valence-electron chi connectivity index (χ1n) is 6.08. The predicted octanol–water partition coefficient (Wildman–Crippen LogP) is 2.71. The van der Waals surface area contributed by atoms with Crippen molar-refractivity contribution in [3.8, 4) is 0 Å². The minimum absolute atomic E-state index is 0.261. The Labute approximate surface area is 127 Å². The third-order valence-electron chi connectivity index (χ3n) is 2.43. The van der Waals surface area contributed by atoms with Gasteiger partial charge in [0.25, 0.3) is 0 Å². The van der Waals surface area contributed by atoms with Crippen molar-refractivity contribution in [1.82, 2.24) is 0 Å². The van der Waals surface area contributed by atoms with E-state index >= 15 is 0 Å². The Balaban J connectivity index is 2.45. The number of methoxy groups -OCH3 is 1. The second-order valence-corrected chi connectivity index (χ2v) is 4.38. The van der Waals surface area contributed by atoms with E-state index in [0.29, 0.717) is 12.2 Å². The van der Waals surface area contributed by atoms with Crippen molar-refractivity contribution in [2.45, 2.75) is 12.5 Å². The van der Waals surface area contributed by atoms with E-state index in [4.69, 9.17) is 26.2 Å². The number of carbonyl (C=O) groups excluding carboxylic acids is 1. The summed E-state index contributed by atoms with van der Waals surface area (Å²) >= 11 is 5.41. The van der Waals surface area contributed by atoms with Crippen LogP contribution in [0.4, 0.5) is 0 Å². The number of esters is 1. The van der Waals surface area contributed by atoms with Crippen LogP contribution in [0.2, 0.25) is 0 Å². The molecule has 0 saturated carbocycles. The molecule has 0 spiro atoms. The molecule has 0 aromatic rings. The van der Waals surface area contributed by atoms with Crippen LogP contribution in [0.3, 0.4) is 0 Å². The summed E-state index contributed by atoms with van der Waals surface area (Å²) in [7, 11) is 1.51. The van der Waals surface area contributed by atoms with Crippen molar-refractivity contribution in [3.63, 3.8) is 0 Å². The molecule has 1 atom stereocenters. The van der Waals surface area contributed by atoms with Crippen molar-refractivity contribution >= 4 is 23.5 Å². The molecule has 1 aliphatic heterocycles. The Bertz CT molecular complexity index is 540. The summed E-state index contributed by atoms with van der Waals surface area (Å²) in [6.45, 7) is 0. The van der Waals surface area contributed by atoms with Crippen LogP contribution in [0.25, 0.3) is 0 Å².